The van der Waals surface area contributed by atoms with Gasteiger partial charge in [0.05, 0.1) is 10.6 Å². The van der Waals surface area contributed by atoms with Crippen LogP contribution in [-0.4, -0.2) is 9.59 Å². The van der Waals surface area contributed by atoms with Gasteiger partial charge in [-0.15, -0.1) is 5.10 Å². The van der Waals surface area contributed by atoms with Crippen molar-refractivity contribution in [2.24, 2.45) is 5.73 Å². The van der Waals surface area contributed by atoms with Gasteiger partial charge in [0, 0.05) is 6.04 Å². The lowest BCUT2D eigenvalue weighted by molar-refractivity contribution is 0.700. The Morgan fingerprint density at radius 3 is 2.25 bits per heavy atom. The van der Waals surface area contributed by atoms with E-state index in [1.165, 1.54) is 22.7 Å². The van der Waals surface area contributed by atoms with Crippen LogP contribution in [0.2, 0.25) is 0 Å². The van der Waals surface area contributed by atoms with E-state index in [2.05, 4.69) is 61.5 Å². The summed E-state index contributed by atoms with van der Waals surface area (Å²) in [6.07, 6.45) is 0.835. The topological polar surface area (TPSA) is 51.8 Å². The summed E-state index contributed by atoms with van der Waals surface area (Å²) in [7, 11) is 0. The van der Waals surface area contributed by atoms with Crippen molar-refractivity contribution in [3.63, 3.8) is 0 Å². The highest BCUT2D eigenvalue weighted by molar-refractivity contribution is 7.05. The molecular formula is C16H23N3S. The minimum Gasteiger partial charge on any atom is -0.323 e. The number of nitrogens with zero attached hydrogens (tertiary/aromatic N) is 2. The van der Waals surface area contributed by atoms with Gasteiger partial charge < -0.3 is 5.73 Å². The van der Waals surface area contributed by atoms with Crippen LogP contribution < -0.4 is 5.73 Å². The minimum absolute atomic E-state index is 0.0164. The van der Waals surface area contributed by atoms with E-state index in [1.54, 1.807) is 0 Å². The summed E-state index contributed by atoms with van der Waals surface area (Å²) in [6, 6.07) is 8.73. The smallest absolute Gasteiger partial charge is 0.0829 e. The van der Waals surface area contributed by atoms with Crippen LogP contribution in [0.25, 0.3) is 0 Å². The molecule has 0 fully saturated rings. The average molecular weight is 289 g/mol. The molecule has 1 atom stereocenters. The number of hydrogen-bond acceptors (Lipinski definition) is 4. The number of nitrogens with two attached hydrogens (primary N) is 1. The van der Waals surface area contributed by atoms with Gasteiger partial charge in [0.1, 0.15) is 0 Å². The fourth-order valence-corrected chi connectivity index (χ4v) is 3.05. The predicted molar refractivity (Wildman–Crippen MR) is 85.2 cm³/mol. The summed E-state index contributed by atoms with van der Waals surface area (Å²) < 4.78 is 4.06. The molecule has 108 valence electrons. The van der Waals surface area contributed by atoms with Crippen LogP contribution >= 0.6 is 11.5 Å². The lowest BCUT2D eigenvalue weighted by Gasteiger charge is -2.13. The SMILES string of the molecule is CC(C)c1ccc(CC(N)c2snnc2C(C)C)cc1. The van der Waals surface area contributed by atoms with Gasteiger partial charge in [-0.3, -0.25) is 0 Å². The summed E-state index contributed by atoms with van der Waals surface area (Å²) in [5.41, 5.74) is 10.0. The lowest BCUT2D eigenvalue weighted by atomic mass is 9.97. The first kappa shape index (κ1) is 15.1. The Kier molecular flexibility index (Phi) is 4.89. The van der Waals surface area contributed by atoms with Crippen LogP contribution in [0.3, 0.4) is 0 Å². The van der Waals surface area contributed by atoms with Crippen molar-refractivity contribution >= 4 is 11.5 Å². The highest BCUT2D eigenvalue weighted by Crippen LogP contribution is 2.27. The fraction of sp³-hybridized carbons (Fsp3) is 0.500. The van der Waals surface area contributed by atoms with E-state index in [0.29, 0.717) is 11.8 Å². The molecule has 0 amide bonds. The van der Waals surface area contributed by atoms with E-state index in [0.717, 1.165) is 17.0 Å². The fourth-order valence-electron chi connectivity index (χ4n) is 2.25. The maximum absolute atomic E-state index is 6.34. The molecule has 0 saturated heterocycles. The number of aromatic nitrogens is 2. The van der Waals surface area contributed by atoms with Crippen LogP contribution in [0.15, 0.2) is 24.3 Å². The van der Waals surface area contributed by atoms with E-state index < -0.39 is 0 Å². The maximum atomic E-state index is 6.34. The highest BCUT2D eigenvalue weighted by Gasteiger charge is 2.18. The van der Waals surface area contributed by atoms with Crippen molar-refractivity contribution in [3.05, 3.63) is 46.0 Å². The van der Waals surface area contributed by atoms with Crippen molar-refractivity contribution in [3.8, 4) is 0 Å². The Bertz CT molecular complexity index is 543. The first-order valence-electron chi connectivity index (χ1n) is 7.15. The molecule has 1 unspecified atom stereocenters. The molecule has 1 aromatic heterocycles. The van der Waals surface area contributed by atoms with Crippen molar-refractivity contribution in [1.29, 1.82) is 0 Å². The van der Waals surface area contributed by atoms with E-state index in [-0.39, 0.29) is 6.04 Å². The van der Waals surface area contributed by atoms with Gasteiger partial charge in [-0.05, 0) is 40.9 Å². The van der Waals surface area contributed by atoms with E-state index in [1.807, 2.05) is 0 Å². The molecule has 20 heavy (non-hydrogen) atoms. The lowest BCUT2D eigenvalue weighted by Crippen LogP contribution is -2.14. The number of hydrogen-bond donors (Lipinski definition) is 1. The van der Waals surface area contributed by atoms with Crippen molar-refractivity contribution in [2.45, 2.75) is 52.0 Å². The quantitative estimate of drug-likeness (QED) is 0.904. The Morgan fingerprint density at radius 1 is 1.05 bits per heavy atom. The third-order valence-corrected chi connectivity index (χ3v) is 4.40. The highest BCUT2D eigenvalue weighted by atomic mass is 32.1. The number of benzene rings is 1. The molecule has 0 saturated carbocycles. The Morgan fingerprint density at radius 2 is 1.70 bits per heavy atom. The monoisotopic (exact) mass is 289 g/mol. The summed E-state index contributed by atoms with van der Waals surface area (Å²) in [4.78, 5) is 1.12. The molecule has 0 aliphatic carbocycles. The van der Waals surface area contributed by atoms with E-state index in [9.17, 15) is 0 Å². The van der Waals surface area contributed by atoms with Crippen LogP contribution in [-0.2, 0) is 6.42 Å². The molecule has 0 spiro atoms. The molecule has 1 heterocycles. The van der Waals surface area contributed by atoms with Crippen LogP contribution in [0.5, 0.6) is 0 Å². The van der Waals surface area contributed by atoms with Crippen LogP contribution in [0.4, 0.5) is 0 Å². The van der Waals surface area contributed by atoms with Crippen molar-refractivity contribution < 1.29 is 0 Å². The number of rotatable bonds is 5. The van der Waals surface area contributed by atoms with Gasteiger partial charge in [0.25, 0.3) is 0 Å². The molecule has 3 nitrogen and oxygen atoms in total. The van der Waals surface area contributed by atoms with Gasteiger partial charge in [-0.1, -0.05) is 56.4 Å². The second-order valence-electron chi connectivity index (χ2n) is 5.88. The second kappa shape index (κ2) is 6.46. The molecule has 2 aromatic rings. The van der Waals surface area contributed by atoms with Crippen molar-refractivity contribution in [2.75, 3.05) is 0 Å². The molecule has 0 aliphatic heterocycles. The summed E-state index contributed by atoms with van der Waals surface area (Å²) in [6.45, 7) is 8.67. The van der Waals surface area contributed by atoms with Crippen molar-refractivity contribution in [1.82, 2.24) is 9.59 Å². The summed E-state index contributed by atoms with van der Waals surface area (Å²) in [5.74, 6) is 0.939. The van der Waals surface area contributed by atoms with Crippen LogP contribution in [0.1, 0.15) is 67.3 Å². The zero-order valence-corrected chi connectivity index (χ0v) is 13.4. The van der Waals surface area contributed by atoms with Gasteiger partial charge in [-0.2, -0.15) is 0 Å². The van der Waals surface area contributed by atoms with E-state index in [4.69, 9.17) is 5.73 Å². The maximum Gasteiger partial charge on any atom is 0.0829 e. The van der Waals surface area contributed by atoms with Gasteiger partial charge in [-0.25, -0.2) is 0 Å². The molecule has 0 radical (unpaired) electrons. The molecule has 0 aliphatic rings. The normalized spacial score (nSPS) is 13.2. The Labute approximate surface area is 125 Å². The zero-order chi connectivity index (χ0) is 14.7. The summed E-state index contributed by atoms with van der Waals surface area (Å²) >= 11 is 1.43. The third-order valence-electron chi connectivity index (χ3n) is 3.53. The molecular weight excluding hydrogens is 266 g/mol. The molecule has 2 N–H and O–H groups in total. The third kappa shape index (κ3) is 3.44. The molecule has 2 rings (SSSR count). The Balaban J connectivity index is 2.11. The first-order chi connectivity index (χ1) is 9.49. The van der Waals surface area contributed by atoms with Gasteiger partial charge in [0.2, 0.25) is 0 Å². The molecule has 0 bridgehead atoms. The van der Waals surface area contributed by atoms with Gasteiger partial charge >= 0.3 is 0 Å². The minimum atomic E-state index is -0.0164. The van der Waals surface area contributed by atoms with Crippen LogP contribution in [0, 0.1) is 0 Å². The van der Waals surface area contributed by atoms with Gasteiger partial charge in [0.15, 0.2) is 0 Å². The van der Waals surface area contributed by atoms with E-state index >= 15 is 0 Å². The molecule has 4 heteroatoms. The molecule has 1 aromatic carbocycles. The second-order valence-corrected chi connectivity index (χ2v) is 6.67. The summed E-state index contributed by atoms with van der Waals surface area (Å²) in [5, 5.41) is 4.20. The average Bonchev–Trinajstić information content (AvgIpc) is 2.88. The Hall–Kier alpha value is -1.26. The standard InChI is InChI=1S/C16H23N3S/c1-10(2)13-7-5-12(6-8-13)9-14(17)16-15(11(3)4)18-19-20-16/h5-8,10-11,14H,9,17H2,1-4H3. The predicted octanol–water partition coefficient (Wildman–Crippen LogP) is 4.03. The first-order valence-corrected chi connectivity index (χ1v) is 7.93. The zero-order valence-electron chi connectivity index (χ0n) is 12.6. The largest absolute Gasteiger partial charge is 0.323 e.